The van der Waals surface area contributed by atoms with Crippen LogP contribution < -0.4 is 10.9 Å². The highest BCUT2D eigenvalue weighted by atomic mass is 79.9. The van der Waals surface area contributed by atoms with E-state index in [1.54, 1.807) is 6.20 Å². The summed E-state index contributed by atoms with van der Waals surface area (Å²) in [5, 5.41) is 7.22. The van der Waals surface area contributed by atoms with Crippen molar-refractivity contribution in [3.05, 3.63) is 21.0 Å². The van der Waals surface area contributed by atoms with Gasteiger partial charge in [-0.15, -0.1) is 0 Å². The van der Waals surface area contributed by atoms with Crippen LogP contribution in [0.5, 0.6) is 0 Å². The Labute approximate surface area is 109 Å². The molecular weight excluding hydrogens is 286 g/mol. The number of hydrogen-bond donors (Lipinski definition) is 1. The summed E-state index contributed by atoms with van der Waals surface area (Å²) in [6.45, 7) is 7.73. The Balaban J connectivity index is 2.75. The van der Waals surface area contributed by atoms with Crippen LogP contribution in [0.3, 0.4) is 0 Å². The average molecular weight is 304 g/mol. The van der Waals surface area contributed by atoms with Gasteiger partial charge in [0.25, 0.3) is 5.56 Å². The highest BCUT2D eigenvalue weighted by Crippen LogP contribution is 2.16. The fourth-order valence-corrected chi connectivity index (χ4v) is 1.76. The van der Waals surface area contributed by atoms with Gasteiger partial charge < -0.3 is 10.1 Å². The van der Waals surface area contributed by atoms with Crippen LogP contribution in [0.25, 0.3) is 0 Å². The number of rotatable bonds is 6. The van der Waals surface area contributed by atoms with Crippen LogP contribution in [0.4, 0.5) is 5.69 Å². The molecule has 17 heavy (non-hydrogen) atoms. The molecule has 0 bridgehead atoms. The fraction of sp³-hybridized carbons (Fsp3) is 0.636. The zero-order chi connectivity index (χ0) is 12.8. The van der Waals surface area contributed by atoms with E-state index in [-0.39, 0.29) is 11.6 Å². The van der Waals surface area contributed by atoms with Crippen LogP contribution in [0, 0.1) is 0 Å². The van der Waals surface area contributed by atoms with Crippen molar-refractivity contribution in [1.82, 2.24) is 9.78 Å². The van der Waals surface area contributed by atoms with Gasteiger partial charge in [-0.05, 0) is 36.7 Å². The molecule has 96 valence electrons. The first-order valence-electron chi connectivity index (χ1n) is 5.66. The number of hydrogen-bond acceptors (Lipinski definition) is 4. The first kappa shape index (κ1) is 14.2. The van der Waals surface area contributed by atoms with E-state index in [4.69, 9.17) is 4.74 Å². The highest BCUT2D eigenvalue weighted by molar-refractivity contribution is 9.10. The molecule has 0 saturated heterocycles. The van der Waals surface area contributed by atoms with Crippen LogP contribution in [0.1, 0.15) is 26.8 Å². The standard InChI is InChI=1S/C11H18BrN3O2/c1-4-17-6-5-13-9-7-14-15(8(2)3)11(16)10(9)12/h7-8,13H,4-6H2,1-3H3. The van der Waals surface area contributed by atoms with Gasteiger partial charge in [-0.2, -0.15) is 5.10 Å². The Morgan fingerprint density at radius 2 is 2.29 bits per heavy atom. The maximum Gasteiger partial charge on any atom is 0.283 e. The van der Waals surface area contributed by atoms with E-state index in [9.17, 15) is 4.79 Å². The summed E-state index contributed by atoms with van der Waals surface area (Å²) in [7, 11) is 0. The van der Waals surface area contributed by atoms with Crippen molar-refractivity contribution in [2.24, 2.45) is 0 Å². The highest BCUT2D eigenvalue weighted by Gasteiger charge is 2.10. The number of nitrogens with zero attached hydrogens (tertiary/aromatic N) is 2. The van der Waals surface area contributed by atoms with Gasteiger partial charge >= 0.3 is 0 Å². The molecule has 0 aromatic carbocycles. The molecule has 0 saturated carbocycles. The summed E-state index contributed by atoms with van der Waals surface area (Å²) in [6, 6.07) is 0.0521. The Morgan fingerprint density at radius 3 is 2.88 bits per heavy atom. The van der Waals surface area contributed by atoms with Crippen molar-refractivity contribution in [2.45, 2.75) is 26.8 Å². The van der Waals surface area contributed by atoms with Crippen LogP contribution in [0.2, 0.25) is 0 Å². The third kappa shape index (κ3) is 3.81. The molecule has 0 unspecified atom stereocenters. The maximum atomic E-state index is 11.9. The summed E-state index contributed by atoms with van der Waals surface area (Å²) in [4.78, 5) is 11.9. The van der Waals surface area contributed by atoms with Crippen molar-refractivity contribution >= 4 is 21.6 Å². The number of nitrogens with one attached hydrogen (secondary N) is 1. The summed E-state index contributed by atoms with van der Waals surface area (Å²) in [5.74, 6) is 0. The van der Waals surface area contributed by atoms with Crippen LogP contribution >= 0.6 is 15.9 Å². The molecule has 0 radical (unpaired) electrons. The molecule has 0 amide bonds. The van der Waals surface area contributed by atoms with Gasteiger partial charge in [0.1, 0.15) is 4.47 Å². The SMILES string of the molecule is CCOCCNc1cnn(C(C)C)c(=O)c1Br. The summed E-state index contributed by atoms with van der Waals surface area (Å²) in [5.41, 5.74) is 0.577. The molecule has 0 aliphatic carbocycles. The van der Waals surface area contributed by atoms with E-state index < -0.39 is 0 Å². The topological polar surface area (TPSA) is 56.1 Å². The van der Waals surface area contributed by atoms with Gasteiger partial charge in [0.05, 0.1) is 24.5 Å². The molecular formula is C11H18BrN3O2. The molecule has 1 aromatic heterocycles. The molecule has 1 N–H and O–H groups in total. The molecule has 6 heteroatoms. The van der Waals surface area contributed by atoms with Gasteiger partial charge in [-0.25, -0.2) is 4.68 Å². The Bertz CT molecular complexity index is 418. The zero-order valence-corrected chi connectivity index (χ0v) is 12.0. The van der Waals surface area contributed by atoms with Crippen molar-refractivity contribution in [3.8, 4) is 0 Å². The van der Waals surface area contributed by atoms with E-state index in [0.29, 0.717) is 29.9 Å². The Kier molecular flexibility index (Phi) is 5.64. The molecule has 1 rings (SSSR count). The predicted molar refractivity (Wildman–Crippen MR) is 71.6 cm³/mol. The van der Waals surface area contributed by atoms with E-state index >= 15 is 0 Å². The molecule has 0 fully saturated rings. The monoisotopic (exact) mass is 303 g/mol. The lowest BCUT2D eigenvalue weighted by atomic mass is 10.4. The van der Waals surface area contributed by atoms with Gasteiger partial charge in [-0.3, -0.25) is 4.79 Å². The summed E-state index contributed by atoms with van der Waals surface area (Å²) in [6.07, 6.45) is 1.65. The first-order valence-corrected chi connectivity index (χ1v) is 6.46. The normalized spacial score (nSPS) is 10.9. The van der Waals surface area contributed by atoms with Gasteiger partial charge in [-0.1, -0.05) is 0 Å². The third-order valence-electron chi connectivity index (χ3n) is 2.20. The van der Waals surface area contributed by atoms with Crippen molar-refractivity contribution < 1.29 is 4.74 Å². The minimum Gasteiger partial charge on any atom is -0.380 e. The molecule has 1 aromatic rings. The largest absolute Gasteiger partial charge is 0.380 e. The Hall–Kier alpha value is -0.880. The molecule has 0 spiro atoms. The van der Waals surface area contributed by atoms with Crippen LogP contribution in [-0.2, 0) is 4.74 Å². The molecule has 0 aliphatic heterocycles. The lowest BCUT2D eigenvalue weighted by Gasteiger charge is -2.12. The van der Waals surface area contributed by atoms with Gasteiger partial charge in [0, 0.05) is 13.2 Å². The minimum absolute atomic E-state index is 0.0521. The third-order valence-corrected chi connectivity index (χ3v) is 2.97. The van der Waals surface area contributed by atoms with E-state index in [2.05, 4.69) is 26.3 Å². The lowest BCUT2D eigenvalue weighted by molar-refractivity contribution is 0.158. The number of anilines is 1. The van der Waals surface area contributed by atoms with Crippen LogP contribution in [-0.4, -0.2) is 29.5 Å². The van der Waals surface area contributed by atoms with Gasteiger partial charge in [0.15, 0.2) is 0 Å². The average Bonchev–Trinajstić information content (AvgIpc) is 2.29. The van der Waals surface area contributed by atoms with Crippen molar-refractivity contribution in [1.29, 1.82) is 0 Å². The quantitative estimate of drug-likeness (QED) is 0.817. The maximum absolute atomic E-state index is 11.9. The summed E-state index contributed by atoms with van der Waals surface area (Å²) < 4.78 is 7.16. The molecule has 0 aliphatic rings. The molecule has 5 nitrogen and oxygen atoms in total. The molecule has 1 heterocycles. The number of ether oxygens (including phenoxy) is 1. The van der Waals surface area contributed by atoms with Crippen molar-refractivity contribution in [3.63, 3.8) is 0 Å². The van der Waals surface area contributed by atoms with Crippen molar-refractivity contribution in [2.75, 3.05) is 25.1 Å². The fourth-order valence-electron chi connectivity index (χ4n) is 1.34. The van der Waals surface area contributed by atoms with E-state index in [1.807, 2.05) is 20.8 Å². The second-order valence-electron chi connectivity index (χ2n) is 3.84. The molecule has 0 atom stereocenters. The lowest BCUT2D eigenvalue weighted by Crippen LogP contribution is -2.26. The van der Waals surface area contributed by atoms with Crippen LogP contribution in [0.15, 0.2) is 15.5 Å². The van der Waals surface area contributed by atoms with E-state index in [0.717, 1.165) is 0 Å². The minimum atomic E-state index is -0.124. The second kappa shape index (κ2) is 6.76. The summed E-state index contributed by atoms with van der Waals surface area (Å²) >= 11 is 3.29. The smallest absolute Gasteiger partial charge is 0.283 e. The van der Waals surface area contributed by atoms with E-state index in [1.165, 1.54) is 4.68 Å². The zero-order valence-electron chi connectivity index (χ0n) is 10.4. The predicted octanol–water partition coefficient (Wildman–Crippen LogP) is 2.04. The number of aromatic nitrogens is 2. The van der Waals surface area contributed by atoms with Gasteiger partial charge in [0.2, 0.25) is 0 Å². The first-order chi connectivity index (χ1) is 8.07. The second-order valence-corrected chi connectivity index (χ2v) is 4.63. The Morgan fingerprint density at radius 1 is 1.59 bits per heavy atom. The number of halogens is 1.